The van der Waals surface area contributed by atoms with Crippen molar-refractivity contribution in [2.45, 2.75) is 81.5 Å². The van der Waals surface area contributed by atoms with E-state index >= 15 is 0 Å². The molecule has 11 heteroatoms. The average Bonchev–Trinajstić information content (AvgIpc) is 3.56. The van der Waals surface area contributed by atoms with Gasteiger partial charge in [0, 0.05) is 23.0 Å². The Bertz CT molecular complexity index is 1500. The number of hydrogen-bond donors (Lipinski definition) is 1. The standard InChI is InChI=1S/C29H27F4N3O3S/c30-26(31)18-2-1-3-19(27(32)33)23(18)24-20(25(39-36-24)16-5-6-16)14-38-17-8-10-29(37,11-9-17)28-35-21-7-4-15(13-34)12-22(21)40-28/h1-4,7,12,16-18,23,26-27,37H,5-6,8-11,14H2/t17-,18?,23?,29+. The lowest BCUT2D eigenvalue weighted by atomic mass is 9.78. The molecule has 0 radical (unpaired) electrons. The smallest absolute Gasteiger partial charge is 0.260 e. The number of halogens is 4. The molecule has 0 spiro atoms. The van der Waals surface area contributed by atoms with Gasteiger partial charge in [0.1, 0.15) is 16.4 Å². The Hall–Kier alpha value is -3.07. The topological polar surface area (TPSA) is 92.2 Å². The van der Waals surface area contributed by atoms with Gasteiger partial charge in [-0.2, -0.15) is 5.26 Å². The van der Waals surface area contributed by atoms with E-state index in [9.17, 15) is 22.7 Å². The zero-order chi connectivity index (χ0) is 28.0. The van der Waals surface area contributed by atoms with Crippen molar-refractivity contribution in [3.05, 3.63) is 69.6 Å². The van der Waals surface area contributed by atoms with E-state index in [0.717, 1.165) is 23.1 Å². The van der Waals surface area contributed by atoms with Crippen LogP contribution in [0.2, 0.25) is 0 Å². The maximum Gasteiger partial charge on any atom is 0.260 e. The molecule has 2 atom stereocenters. The molecule has 0 aliphatic heterocycles. The van der Waals surface area contributed by atoms with Gasteiger partial charge in [-0.25, -0.2) is 22.5 Å². The molecule has 40 heavy (non-hydrogen) atoms. The third-order valence-electron chi connectivity index (χ3n) is 8.14. The Morgan fingerprint density at radius 3 is 2.62 bits per heavy atom. The minimum atomic E-state index is -2.91. The van der Waals surface area contributed by atoms with Crippen molar-refractivity contribution < 1.29 is 31.9 Å². The molecule has 2 fully saturated rings. The molecule has 6 nitrogen and oxygen atoms in total. The number of aliphatic hydroxyl groups is 1. The van der Waals surface area contributed by atoms with E-state index < -0.39 is 35.9 Å². The lowest BCUT2D eigenvalue weighted by molar-refractivity contribution is -0.0643. The van der Waals surface area contributed by atoms with Crippen LogP contribution in [0.4, 0.5) is 17.6 Å². The van der Waals surface area contributed by atoms with Crippen molar-refractivity contribution in [1.82, 2.24) is 10.1 Å². The third-order valence-corrected chi connectivity index (χ3v) is 9.35. The quantitative estimate of drug-likeness (QED) is 0.289. The molecule has 2 aromatic heterocycles. The Morgan fingerprint density at radius 1 is 1.18 bits per heavy atom. The summed E-state index contributed by atoms with van der Waals surface area (Å²) < 4.78 is 68.3. The summed E-state index contributed by atoms with van der Waals surface area (Å²) in [5.41, 5.74) is 0.335. The van der Waals surface area contributed by atoms with Crippen LogP contribution in [0.25, 0.3) is 10.2 Å². The number of allylic oxidation sites excluding steroid dienone is 4. The van der Waals surface area contributed by atoms with Crippen LogP contribution in [0.1, 0.15) is 77.9 Å². The first-order valence-corrected chi connectivity index (χ1v) is 14.2. The van der Waals surface area contributed by atoms with Crippen molar-refractivity contribution in [2.75, 3.05) is 0 Å². The molecular weight excluding hydrogens is 546 g/mol. The van der Waals surface area contributed by atoms with Gasteiger partial charge in [0.15, 0.2) is 0 Å². The van der Waals surface area contributed by atoms with Crippen LogP contribution in [0.15, 0.2) is 46.5 Å². The number of fused-ring (bicyclic) bond motifs is 1. The second-order valence-electron chi connectivity index (χ2n) is 10.8. The van der Waals surface area contributed by atoms with Gasteiger partial charge >= 0.3 is 0 Å². The van der Waals surface area contributed by atoms with Crippen LogP contribution in [0.3, 0.4) is 0 Å². The molecule has 1 aromatic carbocycles. The van der Waals surface area contributed by atoms with Crippen LogP contribution < -0.4 is 0 Å². The number of aromatic nitrogens is 2. The predicted molar refractivity (Wildman–Crippen MR) is 139 cm³/mol. The number of benzene rings is 1. The summed E-state index contributed by atoms with van der Waals surface area (Å²) in [6, 6.07) is 7.34. The van der Waals surface area contributed by atoms with Crippen molar-refractivity contribution in [3.63, 3.8) is 0 Å². The van der Waals surface area contributed by atoms with Crippen LogP contribution in [0.5, 0.6) is 0 Å². The lowest BCUT2D eigenvalue weighted by Gasteiger charge is -2.34. The Kier molecular flexibility index (Phi) is 7.27. The molecule has 3 aliphatic rings. The lowest BCUT2D eigenvalue weighted by Crippen LogP contribution is -2.34. The molecule has 0 bridgehead atoms. The summed E-state index contributed by atoms with van der Waals surface area (Å²) in [6.45, 7) is 0.0124. The Labute approximate surface area is 231 Å². The van der Waals surface area contributed by atoms with Gasteiger partial charge in [-0.1, -0.05) is 23.4 Å². The van der Waals surface area contributed by atoms with Crippen LogP contribution >= 0.6 is 11.3 Å². The van der Waals surface area contributed by atoms with E-state index in [-0.39, 0.29) is 24.3 Å². The fraction of sp³-hybridized carbons (Fsp3) is 0.483. The molecule has 2 heterocycles. The van der Waals surface area contributed by atoms with E-state index in [1.165, 1.54) is 29.6 Å². The van der Waals surface area contributed by atoms with Crippen LogP contribution in [0, 0.1) is 17.2 Å². The highest BCUT2D eigenvalue weighted by atomic mass is 32.1. The van der Waals surface area contributed by atoms with E-state index in [1.54, 1.807) is 18.2 Å². The first-order valence-electron chi connectivity index (χ1n) is 13.4. The van der Waals surface area contributed by atoms with Crippen molar-refractivity contribution in [1.29, 1.82) is 5.26 Å². The maximum absolute atomic E-state index is 13.9. The summed E-state index contributed by atoms with van der Waals surface area (Å²) in [5.74, 6) is -2.12. The molecule has 1 N–H and O–H groups in total. The van der Waals surface area contributed by atoms with Gasteiger partial charge in [-0.05, 0) is 56.7 Å². The normalized spacial score (nSPS) is 26.9. The first-order chi connectivity index (χ1) is 19.3. The molecule has 3 aliphatic carbocycles. The third kappa shape index (κ3) is 5.08. The number of alkyl halides is 4. The van der Waals surface area contributed by atoms with Gasteiger partial charge in [-0.15, -0.1) is 11.3 Å². The molecule has 0 amide bonds. The Morgan fingerprint density at radius 2 is 1.95 bits per heavy atom. The molecule has 210 valence electrons. The van der Waals surface area contributed by atoms with Gasteiger partial charge < -0.3 is 14.4 Å². The number of hydrogen-bond acceptors (Lipinski definition) is 7. The van der Waals surface area contributed by atoms with E-state index in [2.05, 4.69) is 16.2 Å². The van der Waals surface area contributed by atoms with Gasteiger partial charge in [0.2, 0.25) is 6.43 Å². The largest absolute Gasteiger partial charge is 0.383 e. The number of nitriles is 1. The van der Waals surface area contributed by atoms with Crippen LogP contribution in [-0.4, -0.2) is 34.2 Å². The minimum absolute atomic E-state index is 0.0124. The molecule has 2 unspecified atom stereocenters. The fourth-order valence-corrected chi connectivity index (χ4v) is 6.90. The number of thiazole rings is 1. The number of nitrogens with zero attached hydrogens (tertiary/aromatic N) is 3. The summed E-state index contributed by atoms with van der Waals surface area (Å²) in [5, 5.41) is 25.2. The molecule has 0 saturated heterocycles. The molecule has 2 saturated carbocycles. The Balaban J connectivity index is 1.18. The first kappa shape index (κ1) is 27.1. The highest BCUT2D eigenvalue weighted by Crippen LogP contribution is 2.48. The number of rotatable bonds is 8. The van der Waals surface area contributed by atoms with Crippen molar-refractivity contribution >= 4 is 21.6 Å². The van der Waals surface area contributed by atoms with Gasteiger partial charge in [0.05, 0.1) is 46.2 Å². The van der Waals surface area contributed by atoms with Gasteiger partial charge in [-0.3, -0.25) is 0 Å². The molecule has 6 rings (SSSR count). The highest BCUT2D eigenvalue weighted by Gasteiger charge is 2.43. The molecule has 3 aromatic rings. The summed E-state index contributed by atoms with van der Waals surface area (Å²) >= 11 is 1.37. The van der Waals surface area contributed by atoms with Crippen molar-refractivity contribution in [3.8, 4) is 6.07 Å². The highest BCUT2D eigenvalue weighted by molar-refractivity contribution is 7.18. The monoisotopic (exact) mass is 573 g/mol. The van der Waals surface area contributed by atoms with Crippen LogP contribution in [-0.2, 0) is 16.9 Å². The fourth-order valence-electron chi connectivity index (χ4n) is 5.74. The summed E-state index contributed by atoms with van der Waals surface area (Å²) in [6.07, 6.45) is 1.32. The average molecular weight is 574 g/mol. The minimum Gasteiger partial charge on any atom is -0.383 e. The SMILES string of the molecule is N#Cc1ccc2nc([C@]3(O)CC[C@@H](OCc4c(C5C(C(F)F)=CC=CC5C(F)F)noc4C4CC4)CC3)sc2c1. The van der Waals surface area contributed by atoms with E-state index in [1.807, 2.05) is 0 Å². The van der Waals surface area contributed by atoms with E-state index in [0.29, 0.717) is 47.6 Å². The molecular formula is C29H27F4N3O3S. The second kappa shape index (κ2) is 10.7. The summed E-state index contributed by atoms with van der Waals surface area (Å²) in [4.78, 5) is 4.60. The van der Waals surface area contributed by atoms with Gasteiger partial charge in [0.25, 0.3) is 6.43 Å². The maximum atomic E-state index is 13.9. The summed E-state index contributed by atoms with van der Waals surface area (Å²) in [7, 11) is 0. The zero-order valence-corrected chi connectivity index (χ0v) is 22.2. The number of ether oxygens (including phenoxy) is 1. The second-order valence-corrected chi connectivity index (χ2v) is 11.8. The zero-order valence-electron chi connectivity index (χ0n) is 21.4. The van der Waals surface area contributed by atoms with Crippen molar-refractivity contribution in [2.24, 2.45) is 5.92 Å². The predicted octanol–water partition coefficient (Wildman–Crippen LogP) is 7.11. The van der Waals surface area contributed by atoms with E-state index in [4.69, 9.17) is 14.5 Å².